The molecule has 0 spiro atoms. The number of ether oxygens (including phenoxy) is 2. The van der Waals surface area contributed by atoms with Crippen LogP contribution in [-0.2, 0) is 11.3 Å². The van der Waals surface area contributed by atoms with Crippen molar-refractivity contribution in [1.29, 1.82) is 0 Å². The van der Waals surface area contributed by atoms with Crippen molar-refractivity contribution in [2.24, 2.45) is 0 Å². The summed E-state index contributed by atoms with van der Waals surface area (Å²) in [5.74, 6) is 1.52. The van der Waals surface area contributed by atoms with E-state index in [-0.39, 0.29) is 11.9 Å². The van der Waals surface area contributed by atoms with E-state index in [1.54, 1.807) is 7.11 Å². The van der Waals surface area contributed by atoms with Crippen LogP contribution in [0.1, 0.15) is 45.1 Å². The fourth-order valence-electron chi connectivity index (χ4n) is 2.81. The number of piperidine rings is 1. The zero-order chi connectivity index (χ0) is 16.7. The van der Waals surface area contributed by atoms with Crippen LogP contribution in [0.5, 0.6) is 11.5 Å². The molecule has 5 heteroatoms. The van der Waals surface area contributed by atoms with Crippen molar-refractivity contribution >= 4 is 5.91 Å². The van der Waals surface area contributed by atoms with E-state index in [0.717, 1.165) is 37.0 Å². The molecule has 1 heterocycles. The third-order valence-corrected chi connectivity index (χ3v) is 4.09. The van der Waals surface area contributed by atoms with Crippen LogP contribution < -0.4 is 20.1 Å². The molecular formula is C18H28N2O3. The number of benzene rings is 1. The van der Waals surface area contributed by atoms with Gasteiger partial charge < -0.3 is 20.1 Å². The Morgan fingerprint density at radius 3 is 2.87 bits per heavy atom. The fourth-order valence-corrected chi connectivity index (χ4v) is 2.81. The van der Waals surface area contributed by atoms with Gasteiger partial charge in [0.25, 0.3) is 0 Å². The highest BCUT2D eigenvalue weighted by atomic mass is 16.5. The van der Waals surface area contributed by atoms with Gasteiger partial charge in [-0.3, -0.25) is 4.79 Å². The summed E-state index contributed by atoms with van der Waals surface area (Å²) in [6.45, 7) is 5.35. The summed E-state index contributed by atoms with van der Waals surface area (Å²) in [5, 5.41) is 6.36. The lowest BCUT2D eigenvalue weighted by molar-refractivity contribution is -0.124. The van der Waals surface area contributed by atoms with Gasteiger partial charge in [0.2, 0.25) is 5.91 Å². The third-order valence-electron chi connectivity index (χ3n) is 4.09. The average molecular weight is 320 g/mol. The molecule has 2 unspecified atom stereocenters. The van der Waals surface area contributed by atoms with E-state index in [1.165, 1.54) is 0 Å². The molecule has 1 aliphatic rings. The zero-order valence-electron chi connectivity index (χ0n) is 14.4. The highest BCUT2D eigenvalue weighted by Gasteiger charge is 2.23. The van der Waals surface area contributed by atoms with E-state index in [0.29, 0.717) is 24.9 Å². The Bertz CT molecular complexity index is 519. The molecule has 1 amide bonds. The maximum Gasteiger partial charge on any atom is 0.237 e. The predicted octanol–water partition coefficient (Wildman–Crippen LogP) is 2.63. The van der Waals surface area contributed by atoms with Gasteiger partial charge in [-0.05, 0) is 50.3 Å². The second-order valence-electron chi connectivity index (χ2n) is 6.10. The quantitative estimate of drug-likeness (QED) is 0.811. The first-order chi connectivity index (χ1) is 11.1. The molecule has 0 saturated carbocycles. The van der Waals surface area contributed by atoms with Gasteiger partial charge in [0.05, 0.1) is 19.8 Å². The lowest BCUT2D eigenvalue weighted by Crippen LogP contribution is -2.49. The number of hydrogen-bond acceptors (Lipinski definition) is 4. The minimum absolute atomic E-state index is 0.0711. The predicted molar refractivity (Wildman–Crippen MR) is 90.9 cm³/mol. The van der Waals surface area contributed by atoms with Gasteiger partial charge in [0.15, 0.2) is 11.5 Å². The van der Waals surface area contributed by atoms with Crippen LogP contribution in [0.25, 0.3) is 0 Å². The lowest BCUT2D eigenvalue weighted by atomic mass is 9.99. The Labute approximate surface area is 138 Å². The van der Waals surface area contributed by atoms with Crippen LogP contribution >= 0.6 is 0 Å². The zero-order valence-corrected chi connectivity index (χ0v) is 14.4. The molecule has 23 heavy (non-hydrogen) atoms. The number of nitrogens with one attached hydrogen (secondary N) is 2. The summed E-state index contributed by atoms with van der Waals surface area (Å²) in [5.41, 5.74) is 1.00. The number of carbonyl (C=O) groups excluding carboxylic acids is 1. The summed E-state index contributed by atoms with van der Waals surface area (Å²) < 4.78 is 11.0. The molecule has 2 atom stereocenters. The number of methoxy groups -OCH3 is 1. The molecule has 1 saturated heterocycles. The van der Waals surface area contributed by atoms with E-state index in [1.807, 2.05) is 18.2 Å². The smallest absolute Gasteiger partial charge is 0.237 e. The van der Waals surface area contributed by atoms with Crippen molar-refractivity contribution in [3.8, 4) is 11.5 Å². The van der Waals surface area contributed by atoms with Gasteiger partial charge in [-0.1, -0.05) is 13.0 Å². The van der Waals surface area contributed by atoms with Crippen LogP contribution in [0.2, 0.25) is 0 Å². The Balaban J connectivity index is 1.90. The topological polar surface area (TPSA) is 59.6 Å². The molecule has 0 aliphatic carbocycles. The van der Waals surface area contributed by atoms with Crippen LogP contribution in [-0.4, -0.2) is 31.7 Å². The van der Waals surface area contributed by atoms with Crippen molar-refractivity contribution in [3.05, 3.63) is 23.8 Å². The van der Waals surface area contributed by atoms with Gasteiger partial charge in [0.1, 0.15) is 0 Å². The highest BCUT2D eigenvalue weighted by Crippen LogP contribution is 2.28. The molecule has 2 rings (SSSR count). The molecule has 2 N–H and O–H groups in total. The standard InChI is InChI=1S/C18H28N2O3/c1-4-10-23-16-9-8-14(11-17(16)22-3)12-19-18(21)15-7-5-6-13(2)20-15/h8-9,11,13,15,20H,4-7,10,12H2,1-3H3,(H,19,21). The second kappa shape index (κ2) is 8.77. The summed E-state index contributed by atoms with van der Waals surface area (Å²) in [6.07, 6.45) is 4.10. The molecule has 1 fully saturated rings. The van der Waals surface area contributed by atoms with Gasteiger partial charge in [-0.2, -0.15) is 0 Å². The molecule has 0 aromatic heterocycles. The minimum Gasteiger partial charge on any atom is -0.493 e. The normalized spacial score (nSPS) is 20.8. The van der Waals surface area contributed by atoms with Crippen LogP contribution in [0, 0.1) is 0 Å². The summed E-state index contributed by atoms with van der Waals surface area (Å²) in [7, 11) is 1.63. The van der Waals surface area contributed by atoms with Crippen molar-refractivity contribution in [2.45, 2.75) is 58.2 Å². The molecule has 0 bridgehead atoms. The Morgan fingerprint density at radius 1 is 1.35 bits per heavy atom. The Kier molecular flexibility index (Phi) is 6.71. The number of amides is 1. The van der Waals surface area contributed by atoms with Gasteiger partial charge in [-0.15, -0.1) is 0 Å². The summed E-state index contributed by atoms with van der Waals surface area (Å²) in [6, 6.07) is 6.12. The third kappa shape index (κ3) is 5.13. The number of hydrogen-bond donors (Lipinski definition) is 2. The largest absolute Gasteiger partial charge is 0.493 e. The molecular weight excluding hydrogens is 292 g/mol. The number of rotatable bonds is 7. The maximum absolute atomic E-state index is 12.3. The first-order valence-corrected chi connectivity index (χ1v) is 8.47. The molecule has 5 nitrogen and oxygen atoms in total. The molecule has 128 valence electrons. The minimum atomic E-state index is -0.0761. The monoisotopic (exact) mass is 320 g/mol. The van der Waals surface area contributed by atoms with Gasteiger partial charge in [-0.25, -0.2) is 0 Å². The molecule has 1 aliphatic heterocycles. The van der Waals surface area contributed by atoms with E-state index in [2.05, 4.69) is 24.5 Å². The molecule has 1 aromatic carbocycles. The van der Waals surface area contributed by atoms with Gasteiger partial charge in [0, 0.05) is 12.6 Å². The fraction of sp³-hybridized carbons (Fsp3) is 0.611. The first-order valence-electron chi connectivity index (χ1n) is 8.47. The Hall–Kier alpha value is -1.75. The van der Waals surface area contributed by atoms with Crippen LogP contribution in [0.4, 0.5) is 0 Å². The first kappa shape index (κ1) is 17.6. The van der Waals surface area contributed by atoms with Crippen molar-refractivity contribution < 1.29 is 14.3 Å². The van der Waals surface area contributed by atoms with Crippen LogP contribution in [0.3, 0.4) is 0 Å². The molecule has 1 aromatic rings. The van der Waals surface area contributed by atoms with E-state index < -0.39 is 0 Å². The van der Waals surface area contributed by atoms with Crippen molar-refractivity contribution in [3.63, 3.8) is 0 Å². The Morgan fingerprint density at radius 2 is 2.17 bits per heavy atom. The van der Waals surface area contributed by atoms with Gasteiger partial charge >= 0.3 is 0 Å². The maximum atomic E-state index is 12.3. The second-order valence-corrected chi connectivity index (χ2v) is 6.10. The van der Waals surface area contributed by atoms with E-state index in [9.17, 15) is 4.79 Å². The van der Waals surface area contributed by atoms with E-state index >= 15 is 0 Å². The highest BCUT2D eigenvalue weighted by molar-refractivity contribution is 5.81. The SMILES string of the molecule is CCCOc1ccc(CNC(=O)C2CCCC(C)N2)cc1OC. The number of carbonyl (C=O) groups is 1. The summed E-state index contributed by atoms with van der Waals surface area (Å²) >= 11 is 0. The van der Waals surface area contributed by atoms with Crippen molar-refractivity contribution in [1.82, 2.24) is 10.6 Å². The molecule has 0 radical (unpaired) electrons. The van der Waals surface area contributed by atoms with Crippen molar-refractivity contribution in [2.75, 3.05) is 13.7 Å². The van der Waals surface area contributed by atoms with Crippen LogP contribution in [0.15, 0.2) is 18.2 Å². The summed E-state index contributed by atoms with van der Waals surface area (Å²) in [4.78, 5) is 12.3. The average Bonchev–Trinajstić information content (AvgIpc) is 2.58. The van der Waals surface area contributed by atoms with E-state index in [4.69, 9.17) is 9.47 Å². The lowest BCUT2D eigenvalue weighted by Gasteiger charge is -2.27.